The molecular formula is C40H31N6Pt-3. The largest absolute Gasteiger partial charge is 0.501 e. The summed E-state index contributed by atoms with van der Waals surface area (Å²) >= 11 is 0. The fourth-order valence-corrected chi connectivity index (χ4v) is 6.69. The zero-order valence-electron chi connectivity index (χ0n) is 26.2. The molecule has 0 aliphatic carbocycles. The molecule has 5 aromatic carbocycles. The maximum atomic E-state index is 4.47. The number of nitrogens with one attached hydrogen (secondary N) is 1. The summed E-state index contributed by atoms with van der Waals surface area (Å²) in [4.78, 5) is 2.14. The van der Waals surface area contributed by atoms with Gasteiger partial charge in [0.25, 0.3) is 0 Å². The zero-order chi connectivity index (χ0) is 31.0. The molecule has 9 rings (SSSR count). The number of hydrogen-bond donors (Lipinski definition) is 1. The SMILES string of the molecule is CC(C)(C)c1cc(N2C=C(n3c4ccccc4c4ccccc43)N[CH-]2)[c-]c(-n2c3[c-]c(-n4cccn4)ccc3c3ccccc32)c1.[Pt]. The Morgan fingerprint density at radius 2 is 1.28 bits per heavy atom. The van der Waals surface area contributed by atoms with E-state index in [4.69, 9.17) is 0 Å². The normalized spacial score (nSPS) is 13.4. The van der Waals surface area contributed by atoms with E-state index in [1.54, 1.807) is 6.20 Å². The molecule has 0 saturated heterocycles. The third kappa shape index (κ3) is 4.70. The van der Waals surface area contributed by atoms with E-state index in [1.165, 1.54) is 32.8 Å². The number of benzene rings is 5. The van der Waals surface area contributed by atoms with Gasteiger partial charge < -0.3 is 14.8 Å². The first-order chi connectivity index (χ1) is 22.4. The second-order valence-corrected chi connectivity index (χ2v) is 12.9. The van der Waals surface area contributed by atoms with Crippen LogP contribution in [0.1, 0.15) is 26.3 Å². The van der Waals surface area contributed by atoms with Crippen LogP contribution in [0, 0.1) is 18.8 Å². The van der Waals surface area contributed by atoms with Crippen LogP contribution in [0.2, 0.25) is 0 Å². The standard InChI is InChI=1S/C40H31N6.Pt/c1-40(2,3)27-21-29(43-25-39(41-26-43)46-36-15-8-5-11-31(36)32-12-6-9-16-37(32)46)23-30(22-27)45-35-14-7-4-13-33(35)34-18-17-28(24-38(34)45)44-20-10-19-42-44;/h4-22,25-26,41H,1-3H3;/q-3;. The van der Waals surface area contributed by atoms with Gasteiger partial charge in [0.1, 0.15) is 0 Å². The van der Waals surface area contributed by atoms with Crippen molar-refractivity contribution >= 4 is 55.1 Å². The van der Waals surface area contributed by atoms with Gasteiger partial charge in [-0.15, -0.1) is 47.0 Å². The minimum Gasteiger partial charge on any atom is -0.501 e. The summed E-state index contributed by atoms with van der Waals surface area (Å²) in [7, 11) is 0. The molecule has 7 heteroatoms. The van der Waals surface area contributed by atoms with Crippen molar-refractivity contribution in [3.05, 3.63) is 146 Å². The molecule has 0 bridgehead atoms. The molecule has 0 radical (unpaired) electrons. The molecule has 4 heterocycles. The van der Waals surface area contributed by atoms with Crippen LogP contribution in [-0.4, -0.2) is 18.9 Å². The first kappa shape index (κ1) is 29.3. The van der Waals surface area contributed by atoms with E-state index in [2.05, 4.69) is 161 Å². The third-order valence-corrected chi connectivity index (χ3v) is 8.98. The molecule has 0 spiro atoms. The van der Waals surface area contributed by atoms with Crippen molar-refractivity contribution in [1.82, 2.24) is 24.2 Å². The number of fused-ring (bicyclic) bond motifs is 6. The average Bonchev–Trinajstić information content (AvgIpc) is 3.88. The molecule has 1 aliphatic rings. The van der Waals surface area contributed by atoms with Crippen LogP contribution >= 0.6 is 0 Å². The molecule has 0 fully saturated rings. The molecular weight excluding hydrogens is 760 g/mol. The summed E-state index contributed by atoms with van der Waals surface area (Å²) in [6.07, 6.45) is 5.91. The van der Waals surface area contributed by atoms with E-state index in [0.29, 0.717) is 0 Å². The van der Waals surface area contributed by atoms with Crippen LogP contribution < -0.4 is 10.2 Å². The van der Waals surface area contributed by atoms with Crippen molar-refractivity contribution in [2.24, 2.45) is 0 Å². The zero-order valence-corrected chi connectivity index (χ0v) is 28.4. The molecule has 1 N–H and O–H groups in total. The summed E-state index contributed by atoms with van der Waals surface area (Å²) in [5.74, 6) is 0.988. The first-order valence-corrected chi connectivity index (χ1v) is 15.6. The molecule has 6 nitrogen and oxygen atoms in total. The van der Waals surface area contributed by atoms with Gasteiger partial charge in [0.05, 0.1) is 16.9 Å². The second kappa shape index (κ2) is 11.0. The number of para-hydroxylation sites is 3. The maximum Gasteiger partial charge on any atom is 0.0965 e. The first-order valence-electron chi connectivity index (χ1n) is 15.6. The number of nitrogens with zero attached hydrogens (tertiary/aromatic N) is 5. The van der Waals surface area contributed by atoms with Crippen molar-refractivity contribution in [2.75, 3.05) is 4.90 Å². The number of hydrogen-bond acceptors (Lipinski definition) is 3. The Kier molecular flexibility index (Phi) is 6.89. The topological polar surface area (TPSA) is 43.0 Å². The van der Waals surface area contributed by atoms with E-state index >= 15 is 0 Å². The van der Waals surface area contributed by atoms with Gasteiger partial charge in [0.15, 0.2) is 0 Å². The number of aromatic nitrogens is 4. The van der Waals surface area contributed by atoms with Crippen molar-refractivity contribution in [3.63, 3.8) is 0 Å². The third-order valence-electron chi connectivity index (χ3n) is 8.98. The average molecular weight is 791 g/mol. The smallest absolute Gasteiger partial charge is 0.0965 e. The van der Waals surface area contributed by atoms with Gasteiger partial charge >= 0.3 is 0 Å². The Balaban J connectivity index is 0.00000324. The van der Waals surface area contributed by atoms with Crippen molar-refractivity contribution < 1.29 is 21.1 Å². The summed E-state index contributed by atoms with van der Waals surface area (Å²) in [5.41, 5.74) is 8.39. The minimum absolute atomic E-state index is 0. The Labute approximate surface area is 287 Å². The summed E-state index contributed by atoms with van der Waals surface area (Å²) < 4.78 is 6.44. The Bertz CT molecular complexity index is 2420. The minimum atomic E-state index is -0.0895. The predicted octanol–water partition coefficient (Wildman–Crippen LogP) is 8.96. The van der Waals surface area contributed by atoms with E-state index in [1.807, 2.05) is 23.6 Å². The number of rotatable bonds is 4. The van der Waals surface area contributed by atoms with Crippen LogP contribution in [0.5, 0.6) is 0 Å². The molecule has 8 aromatic rings. The van der Waals surface area contributed by atoms with Gasteiger partial charge in [-0.3, -0.25) is 9.25 Å². The molecule has 0 saturated carbocycles. The van der Waals surface area contributed by atoms with Gasteiger partial charge in [0.2, 0.25) is 0 Å². The summed E-state index contributed by atoms with van der Waals surface area (Å²) in [6.45, 7) is 8.80. The van der Waals surface area contributed by atoms with Crippen LogP contribution in [-0.2, 0) is 26.5 Å². The predicted molar refractivity (Wildman–Crippen MR) is 188 cm³/mol. The van der Waals surface area contributed by atoms with Crippen LogP contribution in [0.15, 0.2) is 122 Å². The van der Waals surface area contributed by atoms with E-state index < -0.39 is 0 Å². The molecule has 3 aromatic heterocycles. The van der Waals surface area contributed by atoms with Crippen LogP contribution in [0.4, 0.5) is 5.69 Å². The Morgan fingerprint density at radius 3 is 1.91 bits per heavy atom. The molecule has 0 atom stereocenters. The van der Waals surface area contributed by atoms with Crippen LogP contribution in [0.25, 0.3) is 60.8 Å². The fraction of sp³-hybridized carbons (Fsp3) is 0.100. The van der Waals surface area contributed by atoms with Gasteiger partial charge in [-0.25, -0.2) is 0 Å². The molecule has 1 aliphatic heterocycles. The van der Waals surface area contributed by atoms with E-state index in [-0.39, 0.29) is 26.5 Å². The van der Waals surface area contributed by atoms with Crippen molar-refractivity contribution in [2.45, 2.75) is 26.2 Å². The molecule has 47 heavy (non-hydrogen) atoms. The summed E-state index contributed by atoms with van der Waals surface area (Å²) in [6, 6.07) is 43.9. The van der Waals surface area contributed by atoms with Crippen molar-refractivity contribution in [1.29, 1.82) is 0 Å². The molecule has 234 valence electrons. The Morgan fingerprint density at radius 1 is 0.660 bits per heavy atom. The van der Waals surface area contributed by atoms with Gasteiger partial charge in [0, 0.05) is 55.9 Å². The molecule has 0 unspecified atom stereocenters. The van der Waals surface area contributed by atoms with E-state index in [0.717, 1.165) is 39.3 Å². The van der Waals surface area contributed by atoms with Gasteiger partial charge in [-0.2, -0.15) is 17.8 Å². The van der Waals surface area contributed by atoms with E-state index in [9.17, 15) is 0 Å². The van der Waals surface area contributed by atoms with Gasteiger partial charge in [-0.05, 0) is 40.8 Å². The Hall–Kier alpha value is -5.06. The number of anilines is 1. The quantitative estimate of drug-likeness (QED) is 0.181. The summed E-state index contributed by atoms with van der Waals surface area (Å²) in [5, 5.41) is 12.8. The fourth-order valence-electron chi connectivity index (χ4n) is 6.69. The maximum absolute atomic E-state index is 4.47. The van der Waals surface area contributed by atoms with Crippen LogP contribution in [0.3, 0.4) is 0 Å². The van der Waals surface area contributed by atoms with Gasteiger partial charge in [-0.1, -0.05) is 86.6 Å². The second-order valence-electron chi connectivity index (χ2n) is 12.9. The molecule has 0 amide bonds. The monoisotopic (exact) mass is 790 g/mol. The van der Waals surface area contributed by atoms with Crippen molar-refractivity contribution in [3.8, 4) is 11.4 Å².